The minimum absolute atomic E-state index is 0. The highest BCUT2D eigenvalue weighted by atomic mass is 35.5. The van der Waals surface area contributed by atoms with Crippen LogP contribution in [0.15, 0.2) is 23.1 Å². The van der Waals surface area contributed by atoms with Crippen molar-refractivity contribution in [3.63, 3.8) is 0 Å². The number of anilines is 1. The van der Waals surface area contributed by atoms with Gasteiger partial charge in [-0.1, -0.05) is 18.9 Å². The van der Waals surface area contributed by atoms with E-state index in [9.17, 15) is 13.2 Å². The van der Waals surface area contributed by atoms with Crippen molar-refractivity contribution < 1.29 is 13.2 Å². The SMILES string of the molecule is Cc1ccc(NC(=O)C2(N)CC2)cc1S(=O)(=O)N1CCCCCC1.Cl. The van der Waals surface area contributed by atoms with Gasteiger partial charge in [0.2, 0.25) is 15.9 Å². The van der Waals surface area contributed by atoms with Crippen molar-refractivity contribution >= 4 is 34.0 Å². The van der Waals surface area contributed by atoms with E-state index < -0.39 is 15.6 Å². The van der Waals surface area contributed by atoms with Gasteiger partial charge in [-0.05, 0) is 50.3 Å². The van der Waals surface area contributed by atoms with E-state index in [1.807, 2.05) is 0 Å². The molecule has 2 aliphatic rings. The average Bonchev–Trinajstić information content (AvgIpc) is 3.33. The number of amides is 1. The van der Waals surface area contributed by atoms with Crippen molar-refractivity contribution in [1.29, 1.82) is 0 Å². The predicted molar refractivity (Wildman–Crippen MR) is 100 cm³/mol. The summed E-state index contributed by atoms with van der Waals surface area (Å²) in [5.41, 5.74) is 6.27. The zero-order valence-corrected chi connectivity index (χ0v) is 16.1. The second-order valence-electron chi connectivity index (χ2n) is 6.91. The minimum Gasteiger partial charge on any atom is -0.324 e. The van der Waals surface area contributed by atoms with E-state index in [1.54, 1.807) is 29.4 Å². The fourth-order valence-electron chi connectivity index (χ4n) is 2.99. The van der Waals surface area contributed by atoms with E-state index in [2.05, 4.69) is 5.32 Å². The van der Waals surface area contributed by atoms with Gasteiger partial charge in [0.1, 0.15) is 0 Å². The first-order chi connectivity index (χ1) is 11.3. The third-order valence-corrected chi connectivity index (χ3v) is 6.91. The molecule has 8 heteroatoms. The smallest absolute Gasteiger partial charge is 0.244 e. The number of nitrogens with two attached hydrogens (primary N) is 1. The van der Waals surface area contributed by atoms with Crippen molar-refractivity contribution in [1.82, 2.24) is 4.31 Å². The number of halogens is 1. The minimum atomic E-state index is -3.54. The molecule has 140 valence electrons. The topological polar surface area (TPSA) is 92.5 Å². The first-order valence-electron chi connectivity index (χ1n) is 8.54. The molecule has 1 amide bonds. The molecule has 1 saturated heterocycles. The van der Waals surface area contributed by atoms with Gasteiger partial charge in [-0.2, -0.15) is 4.31 Å². The first-order valence-corrected chi connectivity index (χ1v) is 9.98. The number of aryl methyl sites for hydroxylation is 1. The lowest BCUT2D eigenvalue weighted by atomic mass is 10.2. The number of hydrogen-bond donors (Lipinski definition) is 2. The van der Waals surface area contributed by atoms with Gasteiger partial charge in [0.05, 0.1) is 10.4 Å². The number of nitrogens with zero attached hydrogens (tertiary/aromatic N) is 1. The Hall–Kier alpha value is -1.15. The summed E-state index contributed by atoms with van der Waals surface area (Å²) in [7, 11) is -3.54. The molecule has 6 nitrogen and oxygen atoms in total. The molecule has 0 radical (unpaired) electrons. The summed E-state index contributed by atoms with van der Waals surface area (Å²) in [5, 5.41) is 2.75. The summed E-state index contributed by atoms with van der Waals surface area (Å²) >= 11 is 0. The van der Waals surface area contributed by atoms with Crippen molar-refractivity contribution in [2.45, 2.75) is 55.9 Å². The van der Waals surface area contributed by atoms with E-state index >= 15 is 0 Å². The molecule has 25 heavy (non-hydrogen) atoms. The molecule has 1 heterocycles. The Kier molecular flexibility index (Phi) is 6.14. The Morgan fingerprint density at radius 1 is 1.16 bits per heavy atom. The van der Waals surface area contributed by atoms with E-state index in [4.69, 9.17) is 5.73 Å². The predicted octanol–water partition coefficient (Wildman–Crippen LogP) is 2.41. The fourth-order valence-corrected chi connectivity index (χ4v) is 4.76. The van der Waals surface area contributed by atoms with E-state index in [1.165, 1.54) is 0 Å². The molecule has 1 saturated carbocycles. The number of carbonyl (C=O) groups is 1. The number of carbonyl (C=O) groups excluding carboxylic acids is 1. The molecule has 0 spiro atoms. The van der Waals surface area contributed by atoms with Crippen LogP contribution in [0, 0.1) is 6.92 Å². The van der Waals surface area contributed by atoms with Crippen LogP contribution >= 0.6 is 12.4 Å². The van der Waals surface area contributed by atoms with Crippen molar-refractivity contribution in [2.75, 3.05) is 18.4 Å². The zero-order valence-electron chi connectivity index (χ0n) is 14.5. The summed E-state index contributed by atoms with van der Waals surface area (Å²) in [6, 6.07) is 5.01. The van der Waals surface area contributed by atoms with Crippen molar-refractivity contribution in [2.24, 2.45) is 5.73 Å². The Labute approximate surface area is 155 Å². The van der Waals surface area contributed by atoms with Crippen LogP contribution in [0.4, 0.5) is 5.69 Å². The second-order valence-corrected chi connectivity index (χ2v) is 8.82. The summed E-state index contributed by atoms with van der Waals surface area (Å²) in [6.07, 6.45) is 5.27. The lowest BCUT2D eigenvalue weighted by Gasteiger charge is -2.21. The van der Waals surface area contributed by atoms with Crippen LogP contribution in [0.5, 0.6) is 0 Å². The zero-order chi connectivity index (χ0) is 17.4. The Bertz CT molecular complexity index is 740. The molecule has 3 rings (SSSR count). The molecule has 1 aromatic rings. The largest absolute Gasteiger partial charge is 0.324 e. The Morgan fingerprint density at radius 3 is 2.32 bits per heavy atom. The van der Waals surface area contributed by atoms with Gasteiger partial charge in [0.15, 0.2) is 0 Å². The lowest BCUT2D eigenvalue weighted by Crippen LogP contribution is -2.38. The summed E-state index contributed by atoms with van der Waals surface area (Å²) in [6.45, 7) is 2.90. The van der Waals surface area contributed by atoms with Gasteiger partial charge in [0, 0.05) is 18.8 Å². The van der Waals surface area contributed by atoms with Gasteiger partial charge >= 0.3 is 0 Å². The highest BCUT2D eigenvalue weighted by Gasteiger charge is 2.46. The molecule has 0 unspecified atom stereocenters. The van der Waals surface area contributed by atoms with Crippen LogP contribution in [-0.2, 0) is 14.8 Å². The number of rotatable bonds is 4. The molecular weight excluding hydrogens is 362 g/mol. The van der Waals surface area contributed by atoms with Gasteiger partial charge in [-0.15, -0.1) is 12.4 Å². The molecule has 2 fully saturated rings. The van der Waals surface area contributed by atoms with E-state index in [-0.39, 0.29) is 23.2 Å². The van der Waals surface area contributed by atoms with Crippen LogP contribution in [0.25, 0.3) is 0 Å². The normalized spacial score (nSPS) is 20.2. The van der Waals surface area contributed by atoms with Crippen LogP contribution in [0.3, 0.4) is 0 Å². The van der Waals surface area contributed by atoms with Gasteiger partial charge in [-0.3, -0.25) is 4.79 Å². The second kappa shape index (κ2) is 7.61. The molecular formula is C17H26ClN3O3S. The van der Waals surface area contributed by atoms with Crippen LogP contribution in [0.2, 0.25) is 0 Å². The van der Waals surface area contributed by atoms with Crippen LogP contribution in [-0.4, -0.2) is 37.3 Å². The van der Waals surface area contributed by atoms with Crippen LogP contribution in [0.1, 0.15) is 44.1 Å². The fraction of sp³-hybridized carbons (Fsp3) is 0.588. The van der Waals surface area contributed by atoms with Crippen molar-refractivity contribution in [3.05, 3.63) is 23.8 Å². The lowest BCUT2D eigenvalue weighted by molar-refractivity contribution is -0.118. The average molecular weight is 388 g/mol. The van der Waals surface area contributed by atoms with Gasteiger partial charge in [0.25, 0.3) is 0 Å². The van der Waals surface area contributed by atoms with Crippen molar-refractivity contribution in [3.8, 4) is 0 Å². The third kappa shape index (κ3) is 4.34. The van der Waals surface area contributed by atoms with E-state index in [0.29, 0.717) is 37.2 Å². The summed E-state index contributed by atoms with van der Waals surface area (Å²) < 4.78 is 27.6. The summed E-state index contributed by atoms with van der Waals surface area (Å²) in [4.78, 5) is 12.4. The molecule has 0 aromatic heterocycles. The number of sulfonamides is 1. The Morgan fingerprint density at radius 2 is 1.76 bits per heavy atom. The maximum atomic E-state index is 13.0. The number of nitrogens with one attached hydrogen (secondary N) is 1. The molecule has 1 aromatic carbocycles. The first kappa shape index (κ1) is 20.2. The Balaban J connectivity index is 0.00000225. The standard InChI is InChI=1S/C17H25N3O3S.ClH/c1-13-6-7-14(19-16(21)17(18)8-9-17)12-15(13)24(22,23)20-10-4-2-3-5-11-20;/h6-7,12H,2-5,8-11,18H2,1H3,(H,19,21);1H. The molecule has 1 aliphatic heterocycles. The highest BCUT2D eigenvalue weighted by Crippen LogP contribution is 2.34. The quantitative estimate of drug-likeness (QED) is 0.829. The van der Waals surface area contributed by atoms with Crippen LogP contribution < -0.4 is 11.1 Å². The van der Waals surface area contributed by atoms with Gasteiger partial charge < -0.3 is 11.1 Å². The number of benzene rings is 1. The molecule has 0 bridgehead atoms. The van der Waals surface area contributed by atoms with E-state index in [0.717, 1.165) is 25.7 Å². The molecule has 1 aliphatic carbocycles. The summed E-state index contributed by atoms with van der Waals surface area (Å²) in [5.74, 6) is -0.246. The third-order valence-electron chi connectivity index (χ3n) is 4.87. The molecule has 3 N–H and O–H groups in total. The number of hydrogen-bond acceptors (Lipinski definition) is 4. The maximum Gasteiger partial charge on any atom is 0.244 e. The molecule has 0 atom stereocenters. The monoisotopic (exact) mass is 387 g/mol. The van der Waals surface area contributed by atoms with Gasteiger partial charge in [-0.25, -0.2) is 8.42 Å². The maximum absolute atomic E-state index is 13.0. The highest BCUT2D eigenvalue weighted by molar-refractivity contribution is 7.89.